The predicted octanol–water partition coefficient (Wildman–Crippen LogP) is 3.50. The van der Waals surface area contributed by atoms with E-state index >= 15 is 0 Å². The van der Waals surface area contributed by atoms with Crippen molar-refractivity contribution in [3.63, 3.8) is 0 Å². The van der Waals surface area contributed by atoms with Crippen LogP contribution in [0.2, 0.25) is 0 Å². The lowest BCUT2D eigenvalue weighted by Crippen LogP contribution is -2.21. The van der Waals surface area contributed by atoms with Crippen molar-refractivity contribution in [1.29, 1.82) is 0 Å². The minimum Gasteiger partial charge on any atom is -0.465 e. The van der Waals surface area contributed by atoms with Crippen molar-refractivity contribution in [2.45, 2.75) is 24.5 Å². The van der Waals surface area contributed by atoms with E-state index in [4.69, 9.17) is 9.47 Å². The minimum absolute atomic E-state index is 0.186. The molecule has 0 bridgehead atoms. The molecule has 3 aromatic rings. The van der Waals surface area contributed by atoms with Gasteiger partial charge in [-0.25, -0.2) is 18.0 Å². The second-order valence-electron chi connectivity index (χ2n) is 6.43. The first-order chi connectivity index (χ1) is 14.4. The molecule has 0 saturated heterocycles. The van der Waals surface area contributed by atoms with Gasteiger partial charge < -0.3 is 9.47 Å². The Balaban J connectivity index is 2.04. The van der Waals surface area contributed by atoms with Gasteiger partial charge in [0, 0.05) is 12.1 Å². The van der Waals surface area contributed by atoms with Crippen molar-refractivity contribution in [1.82, 2.24) is 0 Å². The van der Waals surface area contributed by atoms with Gasteiger partial charge in [0.15, 0.2) is 14.7 Å². The Bertz CT molecular complexity index is 1190. The second-order valence-corrected chi connectivity index (χ2v) is 10.3. The molecule has 1 aliphatic rings. The number of rotatable bonds is 3. The number of esters is 2. The molecule has 0 unspecified atom stereocenters. The largest absolute Gasteiger partial charge is 0.465 e. The van der Waals surface area contributed by atoms with Crippen LogP contribution in [-0.2, 0) is 30.2 Å². The van der Waals surface area contributed by atoms with E-state index in [1.807, 2.05) is 0 Å². The van der Waals surface area contributed by atoms with Gasteiger partial charge in [-0.1, -0.05) is 24.3 Å². The van der Waals surface area contributed by atoms with Gasteiger partial charge >= 0.3 is 11.9 Å². The molecule has 0 spiro atoms. The molecule has 4 rings (SSSR count). The maximum absolute atomic E-state index is 13.2. The highest BCUT2D eigenvalue weighted by Gasteiger charge is 2.45. The molecule has 30 heavy (non-hydrogen) atoms. The number of methoxy groups -OCH3 is 2. The van der Waals surface area contributed by atoms with Crippen molar-refractivity contribution >= 4 is 32.7 Å². The van der Waals surface area contributed by atoms with Crippen LogP contribution in [0, 0.1) is 0 Å². The zero-order valence-corrected chi connectivity index (χ0v) is 17.7. The summed E-state index contributed by atoms with van der Waals surface area (Å²) in [6.07, 6.45) is 0. The Hall–Kier alpha value is -3.10. The quantitative estimate of drug-likeness (QED) is 0.357. The molecular weight excluding hydrogens is 424 g/mol. The number of carbonyl (C=O) groups is 2. The average Bonchev–Trinajstić information content (AvgIpc) is 2.78. The van der Waals surface area contributed by atoms with Crippen molar-refractivity contribution in [3.05, 3.63) is 77.9 Å². The van der Waals surface area contributed by atoms with Gasteiger partial charge in [0.25, 0.3) is 0 Å². The fraction of sp³-hybridized carbons (Fsp3) is 0.0909. The molecule has 0 amide bonds. The van der Waals surface area contributed by atoms with E-state index in [-0.39, 0.29) is 20.9 Å². The van der Waals surface area contributed by atoms with Crippen LogP contribution in [0.15, 0.2) is 91.2 Å². The molecule has 1 heterocycles. The van der Waals surface area contributed by atoms with Crippen molar-refractivity contribution in [2.75, 3.05) is 14.2 Å². The predicted molar refractivity (Wildman–Crippen MR) is 110 cm³/mol. The summed E-state index contributed by atoms with van der Waals surface area (Å²) in [6, 6.07) is 18.2. The molecule has 6 nitrogen and oxygen atoms in total. The van der Waals surface area contributed by atoms with Gasteiger partial charge in [0.1, 0.15) is 20.7 Å². The number of hydrogen-bond donors (Lipinski definition) is 0. The molecule has 3 aromatic carbocycles. The van der Waals surface area contributed by atoms with Gasteiger partial charge in [0.2, 0.25) is 9.84 Å². The lowest BCUT2D eigenvalue weighted by molar-refractivity contribution is 0.0598. The lowest BCUT2D eigenvalue weighted by atomic mass is 10.1. The minimum atomic E-state index is -3.68. The molecule has 1 aliphatic heterocycles. The first kappa shape index (κ1) is 20.2. The number of fused-ring (bicyclic) bond motifs is 2. The topological polar surface area (TPSA) is 86.7 Å². The highest BCUT2D eigenvalue weighted by Crippen LogP contribution is 2.44. The summed E-state index contributed by atoms with van der Waals surface area (Å²) in [4.78, 5) is 26.7. The number of sulfone groups is 1. The van der Waals surface area contributed by atoms with Crippen molar-refractivity contribution < 1.29 is 27.5 Å². The fourth-order valence-corrected chi connectivity index (χ4v) is 8.14. The van der Waals surface area contributed by atoms with E-state index in [0.717, 1.165) is 0 Å². The third kappa shape index (κ3) is 3.18. The zero-order chi connectivity index (χ0) is 21.5. The normalized spacial score (nSPS) is 14.3. The molecule has 0 atom stereocenters. The summed E-state index contributed by atoms with van der Waals surface area (Å²) in [6.45, 7) is 0. The van der Waals surface area contributed by atoms with Gasteiger partial charge in [-0.05, 0) is 30.3 Å². The smallest absolute Gasteiger partial charge is 0.338 e. The van der Waals surface area contributed by atoms with Crippen molar-refractivity contribution in [2.24, 2.45) is 0 Å². The van der Waals surface area contributed by atoms with Crippen LogP contribution in [0.1, 0.15) is 20.7 Å². The lowest BCUT2D eigenvalue weighted by Gasteiger charge is -2.20. The molecule has 0 N–H and O–H groups in total. The summed E-state index contributed by atoms with van der Waals surface area (Å²) < 4.78 is 36.0. The van der Waals surface area contributed by atoms with E-state index in [1.54, 1.807) is 60.7 Å². The fourth-order valence-electron chi connectivity index (χ4n) is 3.36. The van der Waals surface area contributed by atoms with Gasteiger partial charge in [0.05, 0.1) is 25.3 Å². The van der Waals surface area contributed by atoms with E-state index < -0.39 is 32.7 Å². The van der Waals surface area contributed by atoms with Crippen LogP contribution in [0.25, 0.3) is 0 Å². The van der Waals surface area contributed by atoms with Crippen LogP contribution < -0.4 is 0 Å². The standard InChI is InChI=1S/C22H17O6S2/c1-27-21(23)14-11-15(22(24)28-2)13-16(12-14)29-17-7-3-5-9-19(17)30(25,26)20-10-6-4-8-18(20)29/h3-13H,1-2H3/q+1. The Kier molecular flexibility index (Phi) is 5.13. The van der Waals surface area contributed by atoms with Crippen LogP contribution in [0.3, 0.4) is 0 Å². The average molecular weight is 442 g/mol. The summed E-state index contributed by atoms with van der Waals surface area (Å²) in [5.74, 6) is -1.20. The highest BCUT2D eigenvalue weighted by atomic mass is 32.2. The molecule has 0 aliphatic carbocycles. The van der Waals surface area contributed by atoms with E-state index in [1.165, 1.54) is 20.3 Å². The monoisotopic (exact) mass is 441 g/mol. The first-order valence-corrected chi connectivity index (χ1v) is 11.6. The van der Waals surface area contributed by atoms with Gasteiger partial charge in [-0.3, -0.25) is 0 Å². The number of carbonyl (C=O) groups excluding carboxylic acids is 2. The number of hydrogen-bond acceptors (Lipinski definition) is 6. The summed E-state index contributed by atoms with van der Waals surface area (Å²) in [5.41, 5.74) is 0.373. The van der Waals surface area contributed by atoms with Crippen molar-refractivity contribution in [3.8, 4) is 0 Å². The second kappa shape index (κ2) is 7.62. The Morgan fingerprint density at radius 2 is 1.17 bits per heavy atom. The summed E-state index contributed by atoms with van der Waals surface area (Å²) >= 11 is 0. The molecule has 0 radical (unpaired) electrons. The van der Waals surface area contributed by atoms with Gasteiger partial charge in [-0.2, -0.15) is 0 Å². The van der Waals surface area contributed by atoms with E-state index in [0.29, 0.717) is 14.7 Å². The molecule has 0 fully saturated rings. The molecule has 0 aromatic heterocycles. The zero-order valence-electron chi connectivity index (χ0n) is 16.1. The molecule has 0 saturated carbocycles. The van der Waals surface area contributed by atoms with E-state index in [2.05, 4.69) is 0 Å². The highest BCUT2D eigenvalue weighted by molar-refractivity contribution is 8.00. The van der Waals surface area contributed by atoms with Gasteiger partial charge in [-0.15, -0.1) is 0 Å². The number of benzene rings is 3. The Morgan fingerprint density at radius 1 is 0.733 bits per heavy atom. The Labute approximate surface area is 176 Å². The first-order valence-electron chi connectivity index (χ1n) is 8.87. The number of ether oxygens (including phenoxy) is 2. The summed E-state index contributed by atoms with van der Waals surface area (Å²) in [7, 11) is -2.02. The molecule has 152 valence electrons. The maximum atomic E-state index is 13.2. The SMILES string of the molecule is COC(=O)c1cc(C(=O)OC)cc([S+]2c3ccccc3S(=O)(=O)c3ccccc32)c1. The summed E-state index contributed by atoms with van der Waals surface area (Å²) in [5, 5.41) is 0. The Morgan fingerprint density at radius 3 is 1.60 bits per heavy atom. The van der Waals surface area contributed by atoms with Crippen LogP contribution >= 0.6 is 0 Å². The third-order valence-electron chi connectivity index (χ3n) is 4.70. The maximum Gasteiger partial charge on any atom is 0.338 e. The third-order valence-corrected chi connectivity index (χ3v) is 9.13. The van der Waals surface area contributed by atoms with Crippen LogP contribution in [0.5, 0.6) is 0 Å². The van der Waals surface area contributed by atoms with Crippen LogP contribution in [0.4, 0.5) is 0 Å². The van der Waals surface area contributed by atoms with Crippen LogP contribution in [-0.4, -0.2) is 34.6 Å². The molecular formula is C22H17O6S2+. The molecule has 8 heteroatoms. The van der Waals surface area contributed by atoms with E-state index in [9.17, 15) is 18.0 Å².